The number of pyridine rings is 1. The number of imidazole rings is 1. The molecule has 0 saturated carbocycles. The Labute approximate surface area is 102 Å². The van der Waals surface area contributed by atoms with Crippen LogP contribution < -0.4 is 5.32 Å². The number of nitrogens with one attached hydrogen (secondary N) is 1. The molecule has 0 unspecified atom stereocenters. The summed E-state index contributed by atoms with van der Waals surface area (Å²) in [5.74, 6) is 0. The molecule has 0 aromatic carbocycles. The van der Waals surface area contributed by atoms with Crippen LogP contribution in [0, 0.1) is 0 Å². The first-order valence-corrected chi connectivity index (χ1v) is 5.87. The molecule has 4 nitrogen and oxygen atoms in total. The van der Waals surface area contributed by atoms with E-state index in [9.17, 15) is 0 Å². The highest BCUT2D eigenvalue weighted by Gasteiger charge is 2.04. The van der Waals surface area contributed by atoms with Crippen LogP contribution in [0.1, 0.15) is 31.1 Å². The highest BCUT2D eigenvalue weighted by Crippen LogP contribution is 2.08. The molecule has 0 fully saturated rings. The Bertz CT molecular complexity index is 447. The van der Waals surface area contributed by atoms with Crippen molar-refractivity contribution in [3.05, 3.63) is 48.3 Å². The second-order valence-corrected chi connectivity index (χ2v) is 4.35. The molecule has 2 rings (SSSR count). The molecule has 0 aliphatic rings. The Morgan fingerprint density at radius 3 is 2.82 bits per heavy atom. The van der Waals surface area contributed by atoms with Gasteiger partial charge in [0.05, 0.1) is 12.0 Å². The first-order valence-electron chi connectivity index (χ1n) is 5.87. The van der Waals surface area contributed by atoms with Gasteiger partial charge in [-0.05, 0) is 25.5 Å². The zero-order chi connectivity index (χ0) is 12.1. The molecule has 0 saturated heterocycles. The van der Waals surface area contributed by atoms with Gasteiger partial charge in [0, 0.05) is 37.7 Å². The van der Waals surface area contributed by atoms with E-state index < -0.39 is 0 Å². The molecule has 0 aliphatic heterocycles. The second kappa shape index (κ2) is 5.59. The van der Waals surface area contributed by atoms with Crippen molar-refractivity contribution in [1.29, 1.82) is 0 Å². The lowest BCUT2D eigenvalue weighted by molar-refractivity contribution is 0.550. The minimum atomic E-state index is 0.452. The van der Waals surface area contributed by atoms with E-state index in [2.05, 4.69) is 39.8 Å². The highest BCUT2D eigenvalue weighted by molar-refractivity contribution is 5.08. The third kappa shape index (κ3) is 3.14. The zero-order valence-corrected chi connectivity index (χ0v) is 10.3. The SMILES string of the molecule is CC(C)n1cncc1CNCc1cccnc1. The van der Waals surface area contributed by atoms with Crippen molar-refractivity contribution in [3.63, 3.8) is 0 Å². The lowest BCUT2D eigenvalue weighted by atomic mass is 10.3. The quantitative estimate of drug-likeness (QED) is 0.855. The summed E-state index contributed by atoms with van der Waals surface area (Å²) in [5, 5.41) is 3.40. The van der Waals surface area contributed by atoms with E-state index in [4.69, 9.17) is 0 Å². The summed E-state index contributed by atoms with van der Waals surface area (Å²) in [6.07, 6.45) is 7.46. The molecule has 0 amide bonds. The summed E-state index contributed by atoms with van der Waals surface area (Å²) >= 11 is 0. The van der Waals surface area contributed by atoms with Gasteiger partial charge >= 0.3 is 0 Å². The lowest BCUT2D eigenvalue weighted by Gasteiger charge is -2.12. The summed E-state index contributed by atoms with van der Waals surface area (Å²) in [4.78, 5) is 8.27. The Morgan fingerprint density at radius 1 is 1.24 bits per heavy atom. The Hall–Kier alpha value is -1.68. The number of nitrogens with zero attached hydrogens (tertiary/aromatic N) is 3. The number of hydrogen-bond donors (Lipinski definition) is 1. The van der Waals surface area contributed by atoms with Crippen molar-refractivity contribution in [1.82, 2.24) is 19.9 Å². The summed E-state index contributed by atoms with van der Waals surface area (Å²) < 4.78 is 2.18. The van der Waals surface area contributed by atoms with E-state index >= 15 is 0 Å². The summed E-state index contributed by atoms with van der Waals surface area (Å²) in [6.45, 7) is 5.97. The fourth-order valence-electron chi connectivity index (χ4n) is 1.77. The van der Waals surface area contributed by atoms with Crippen molar-refractivity contribution in [2.45, 2.75) is 33.0 Å². The third-order valence-corrected chi connectivity index (χ3v) is 2.66. The van der Waals surface area contributed by atoms with Gasteiger partial charge in [0.1, 0.15) is 0 Å². The fourth-order valence-corrected chi connectivity index (χ4v) is 1.77. The van der Waals surface area contributed by atoms with Crippen molar-refractivity contribution >= 4 is 0 Å². The minimum Gasteiger partial charge on any atom is -0.331 e. The van der Waals surface area contributed by atoms with Gasteiger partial charge in [0.2, 0.25) is 0 Å². The Kier molecular flexibility index (Phi) is 3.88. The molecular weight excluding hydrogens is 212 g/mol. The van der Waals surface area contributed by atoms with Gasteiger partial charge in [0.25, 0.3) is 0 Å². The molecule has 17 heavy (non-hydrogen) atoms. The smallest absolute Gasteiger partial charge is 0.0951 e. The van der Waals surface area contributed by atoms with Crippen LogP contribution in [0.4, 0.5) is 0 Å². The van der Waals surface area contributed by atoms with Crippen LogP contribution in [0.25, 0.3) is 0 Å². The molecule has 90 valence electrons. The van der Waals surface area contributed by atoms with Gasteiger partial charge in [-0.3, -0.25) is 4.98 Å². The van der Waals surface area contributed by atoms with E-state index in [0.29, 0.717) is 6.04 Å². The molecule has 0 radical (unpaired) electrons. The average molecular weight is 230 g/mol. The molecule has 2 aromatic heterocycles. The van der Waals surface area contributed by atoms with Gasteiger partial charge in [-0.2, -0.15) is 0 Å². The second-order valence-electron chi connectivity index (χ2n) is 4.35. The average Bonchev–Trinajstić information content (AvgIpc) is 2.79. The summed E-state index contributed by atoms with van der Waals surface area (Å²) in [5.41, 5.74) is 2.41. The molecule has 0 bridgehead atoms. The van der Waals surface area contributed by atoms with E-state index in [0.717, 1.165) is 13.1 Å². The molecule has 4 heteroatoms. The van der Waals surface area contributed by atoms with Crippen LogP contribution >= 0.6 is 0 Å². The van der Waals surface area contributed by atoms with Crippen molar-refractivity contribution < 1.29 is 0 Å². The molecule has 1 N–H and O–H groups in total. The Morgan fingerprint density at radius 2 is 2.12 bits per heavy atom. The molecule has 0 atom stereocenters. The number of rotatable bonds is 5. The normalized spacial score (nSPS) is 11.0. The topological polar surface area (TPSA) is 42.7 Å². The van der Waals surface area contributed by atoms with Crippen molar-refractivity contribution in [3.8, 4) is 0 Å². The zero-order valence-electron chi connectivity index (χ0n) is 10.3. The van der Waals surface area contributed by atoms with Gasteiger partial charge in [-0.1, -0.05) is 6.07 Å². The van der Waals surface area contributed by atoms with Crippen LogP contribution in [-0.2, 0) is 13.1 Å². The predicted octanol–water partition coefficient (Wildman–Crippen LogP) is 2.15. The van der Waals surface area contributed by atoms with Crippen LogP contribution in [-0.4, -0.2) is 14.5 Å². The maximum atomic E-state index is 4.18. The van der Waals surface area contributed by atoms with Crippen LogP contribution in [0.5, 0.6) is 0 Å². The van der Waals surface area contributed by atoms with Crippen molar-refractivity contribution in [2.75, 3.05) is 0 Å². The third-order valence-electron chi connectivity index (χ3n) is 2.66. The fraction of sp³-hybridized carbons (Fsp3) is 0.385. The van der Waals surface area contributed by atoms with Crippen LogP contribution in [0.3, 0.4) is 0 Å². The first-order chi connectivity index (χ1) is 8.27. The van der Waals surface area contributed by atoms with Gasteiger partial charge in [-0.15, -0.1) is 0 Å². The standard InChI is InChI=1S/C13H18N4/c1-11(2)17-10-16-9-13(17)8-15-7-12-4-3-5-14-6-12/h3-6,9-11,15H,7-8H2,1-2H3. The number of hydrogen-bond acceptors (Lipinski definition) is 3. The number of aromatic nitrogens is 3. The van der Waals surface area contributed by atoms with E-state index in [1.54, 1.807) is 6.20 Å². The molecule has 2 heterocycles. The maximum absolute atomic E-state index is 4.18. The van der Waals surface area contributed by atoms with Gasteiger partial charge < -0.3 is 9.88 Å². The maximum Gasteiger partial charge on any atom is 0.0951 e. The molecule has 0 aliphatic carbocycles. The highest BCUT2D eigenvalue weighted by atomic mass is 15.1. The minimum absolute atomic E-state index is 0.452. The first kappa shape index (κ1) is 11.8. The molecule has 2 aromatic rings. The molecule has 0 spiro atoms. The largest absolute Gasteiger partial charge is 0.331 e. The lowest BCUT2D eigenvalue weighted by Crippen LogP contribution is -2.16. The Balaban J connectivity index is 1.88. The van der Waals surface area contributed by atoms with Gasteiger partial charge in [0.15, 0.2) is 0 Å². The molecular formula is C13H18N4. The van der Waals surface area contributed by atoms with E-state index in [1.807, 2.05) is 24.8 Å². The van der Waals surface area contributed by atoms with Gasteiger partial charge in [-0.25, -0.2) is 4.98 Å². The van der Waals surface area contributed by atoms with E-state index in [1.165, 1.54) is 11.3 Å². The monoisotopic (exact) mass is 230 g/mol. The summed E-state index contributed by atoms with van der Waals surface area (Å²) in [6, 6.07) is 4.47. The van der Waals surface area contributed by atoms with Crippen LogP contribution in [0.15, 0.2) is 37.1 Å². The predicted molar refractivity (Wildman–Crippen MR) is 67.4 cm³/mol. The van der Waals surface area contributed by atoms with E-state index in [-0.39, 0.29) is 0 Å². The van der Waals surface area contributed by atoms with Crippen LogP contribution in [0.2, 0.25) is 0 Å². The summed E-state index contributed by atoms with van der Waals surface area (Å²) in [7, 11) is 0. The van der Waals surface area contributed by atoms with Crippen molar-refractivity contribution in [2.24, 2.45) is 0 Å².